The van der Waals surface area contributed by atoms with Crippen LogP contribution in [-0.4, -0.2) is 32.5 Å². The van der Waals surface area contributed by atoms with Crippen LogP contribution in [0, 0.1) is 0 Å². The molecule has 0 aliphatic carbocycles. The number of rotatable bonds is 5. The van der Waals surface area contributed by atoms with Gasteiger partial charge in [0.25, 0.3) is 11.1 Å². The molecular weight excluding hydrogens is 354 g/mol. The van der Waals surface area contributed by atoms with Gasteiger partial charge in [-0.2, -0.15) is 0 Å². The fourth-order valence-electron chi connectivity index (χ4n) is 2.53. The SMILES string of the molecule is COc1cccc(N2C(=O)S/C(=C\c3cc(OC)ccc3OC)C2=O)c1. The van der Waals surface area contributed by atoms with Crippen LogP contribution in [0.25, 0.3) is 6.08 Å². The predicted octanol–water partition coefficient (Wildman–Crippen LogP) is 3.95. The Balaban J connectivity index is 1.97. The fraction of sp³-hybridized carbons (Fsp3) is 0.158. The number of methoxy groups -OCH3 is 3. The molecule has 1 saturated heterocycles. The van der Waals surface area contributed by atoms with E-state index in [-0.39, 0.29) is 5.24 Å². The molecule has 2 aromatic carbocycles. The van der Waals surface area contributed by atoms with Crippen LogP contribution in [0.3, 0.4) is 0 Å². The number of thioether (sulfide) groups is 1. The van der Waals surface area contributed by atoms with Crippen molar-refractivity contribution in [1.29, 1.82) is 0 Å². The van der Waals surface area contributed by atoms with Gasteiger partial charge >= 0.3 is 0 Å². The maximum Gasteiger partial charge on any atom is 0.298 e. The fourth-order valence-corrected chi connectivity index (χ4v) is 3.37. The van der Waals surface area contributed by atoms with E-state index >= 15 is 0 Å². The second-order valence-corrected chi connectivity index (χ2v) is 6.32. The number of hydrogen-bond acceptors (Lipinski definition) is 6. The number of imide groups is 1. The molecule has 0 unspecified atom stereocenters. The summed E-state index contributed by atoms with van der Waals surface area (Å²) in [6, 6.07) is 12.1. The molecule has 2 amide bonds. The molecule has 0 aromatic heterocycles. The first-order valence-electron chi connectivity index (χ1n) is 7.71. The second-order valence-electron chi connectivity index (χ2n) is 5.33. The summed E-state index contributed by atoms with van der Waals surface area (Å²) in [5.74, 6) is 1.39. The minimum atomic E-state index is -0.391. The summed E-state index contributed by atoms with van der Waals surface area (Å²) in [7, 11) is 4.63. The normalized spacial score (nSPS) is 15.5. The highest BCUT2D eigenvalue weighted by molar-refractivity contribution is 8.19. The monoisotopic (exact) mass is 371 g/mol. The lowest BCUT2D eigenvalue weighted by Crippen LogP contribution is -2.27. The molecule has 7 heteroatoms. The van der Waals surface area contributed by atoms with E-state index in [9.17, 15) is 9.59 Å². The number of amides is 2. The summed E-state index contributed by atoms with van der Waals surface area (Å²) in [6.45, 7) is 0. The largest absolute Gasteiger partial charge is 0.497 e. The van der Waals surface area contributed by atoms with Gasteiger partial charge in [-0.1, -0.05) is 6.07 Å². The second kappa shape index (κ2) is 7.53. The van der Waals surface area contributed by atoms with Gasteiger partial charge in [0.2, 0.25) is 0 Å². The third-order valence-corrected chi connectivity index (χ3v) is 4.70. The Morgan fingerprint density at radius 3 is 2.35 bits per heavy atom. The molecule has 134 valence electrons. The number of carbonyl (C=O) groups excluding carboxylic acids is 2. The summed E-state index contributed by atoms with van der Waals surface area (Å²) in [5, 5.41) is -0.364. The molecule has 2 aromatic rings. The van der Waals surface area contributed by atoms with Gasteiger partial charge in [0.15, 0.2) is 0 Å². The lowest BCUT2D eigenvalue weighted by atomic mass is 10.1. The Morgan fingerprint density at radius 1 is 0.923 bits per heavy atom. The molecule has 3 rings (SSSR count). The number of nitrogens with zero attached hydrogens (tertiary/aromatic N) is 1. The van der Waals surface area contributed by atoms with Gasteiger partial charge in [-0.15, -0.1) is 0 Å². The number of benzene rings is 2. The molecule has 1 fully saturated rings. The van der Waals surface area contributed by atoms with Gasteiger partial charge < -0.3 is 14.2 Å². The molecule has 1 heterocycles. The summed E-state index contributed by atoms with van der Waals surface area (Å²) < 4.78 is 15.7. The highest BCUT2D eigenvalue weighted by Gasteiger charge is 2.36. The summed E-state index contributed by atoms with van der Waals surface area (Å²) in [5.41, 5.74) is 1.12. The Kier molecular flexibility index (Phi) is 5.18. The van der Waals surface area contributed by atoms with E-state index in [0.717, 1.165) is 16.7 Å². The van der Waals surface area contributed by atoms with Crippen LogP contribution in [0.2, 0.25) is 0 Å². The van der Waals surface area contributed by atoms with Crippen molar-refractivity contribution in [2.24, 2.45) is 0 Å². The average molecular weight is 371 g/mol. The van der Waals surface area contributed by atoms with Gasteiger partial charge in [-0.3, -0.25) is 9.59 Å². The molecule has 1 aliphatic rings. The molecular formula is C19H17NO5S. The highest BCUT2D eigenvalue weighted by Crippen LogP contribution is 2.38. The Bertz CT molecular complexity index is 893. The van der Waals surface area contributed by atoms with Crippen LogP contribution in [-0.2, 0) is 4.79 Å². The molecule has 26 heavy (non-hydrogen) atoms. The number of hydrogen-bond donors (Lipinski definition) is 0. The summed E-state index contributed by atoms with van der Waals surface area (Å²) >= 11 is 0.879. The van der Waals surface area contributed by atoms with Crippen LogP contribution in [0.5, 0.6) is 17.2 Å². The number of ether oxygens (including phenoxy) is 3. The summed E-state index contributed by atoms with van der Waals surface area (Å²) in [6.07, 6.45) is 1.63. The minimum Gasteiger partial charge on any atom is -0.497 e. The highest BCUT2D eigenvalue weighted by atomic mass is 32.2. The van der Waals surface area contributed by atoms with Gasteiger partial charge in [-0.25, -0.2) is 4.90 Å². The van der Waals surface area contributed by atoms with Crippen molar-refractivity contribution < 1.29 is 23.8 Å². The lowest BCUT2D eigenvalue weighted by molar-refractivity contribution is -0.113. The van der Waals surface area contributed by atoms with Gasteiger partial charge in [0.1, 0.15) is 17.2 Å². The Labute approximate surface area is 155 Å². The standard InChI is InChI=1S/C19H17NO5S/c1-23-14-6-4-5-13(11-14)20-18(21)17(26-19(20)22)10-12-9-15(24-2)7-8-16(12)25-3/h4-11H,1-3H3/b17-10-. The minimum absolute atomic E-state index is 0.310. The zero-order valence-electron chi connectivity index (χ0n) is 14.5. The number of anilines is 1. The van der Waals surface area contributed by atoms with E-state index in [4.69, 9.17) is 14.2 Å². The van der Waals surface area contributed by atoms with Crippen molar-refractivity contribution in [3.05, 3.63) is 52.9 Å². The van der Waals surface area contributed by atoms with Gasteiger partial charge in [0.05, 0.1) is 31.9 Å². The molecule has 0 saturated carbocycles. The molecule has 0 bridgehead atoms. The molecule has 6 nitrogen and oxygen atoms in total. The first-order chi connectivity index (χ1) is 12.6. The maximum absolute atomic E-state index is 12.8. The van der Waals surface area contributed by atoms with Crippen LogP contribution in [0.4, 0.5) is 10.5 Å². The first kappa shape index (κ1) is 17.9. The van der Waals surface area contributed by atoms with E-state index in [1.807, 2.05) is 0 Å². The van der Waals surface area contributed by atoms with Crippen LogP contribution >= 0.6 is 11.8 Å². The molecule has 0 atom stereocenters. The predicted molar refractivity (Wildman–Crippen MR) is 101 cm³/mol. The number of carbonyl (C=O) groups is 2. The third kappa shape index (κ3) is 3.39. The van der Waals surface area contributed by atoms with Crippen molar-refractivity contribution in [1.82, 2.24) is 0 Å². The van der Waals surface area contributed by atoms with Crippen molar-refractivity contribution in [3.63, 3.8) is 0 Å². The third-order valence-electron chi connectivity index (χ3n) is 3.83. The van der Waals surface area contributed by atoms with Crippen LogP contribution < -0.4 is 19.1 Å². The first-order valence-corrected chi connectivity index (χ1v) is 8.53. The van der Waals surface area contributed by atoms with E-state index in [1.54, 1.807) is 62.8 Å². The van der Waals surface area contributed by atoms with E-state index in [2.05, 4.69) is 0 Å². The summed E-state index contributed by atoms with van der Waals surface area (Å²) in [4.78, 5) is 26.6. The molecule has 0 N–H and O–H groups in total. The van der Waals surface area contributed by atoms with Gasteiger partial charge in [-0.05, 0) is 48.2 Å². The van der Waals surface area contributed by atoms with Gasteiger partial charge in [0, 0.05) is 11.6 Å². The zero-order chi connectivity index (χ0) is 18.7. The maximum atomic E-state index is 12.8. The van der Waals surface area contributed by atoms with E-state index < -0.39 is 5.91 Å². The van der Waals surface area contributed by atoms with Crippen molar-refractivity contribution in [3.8, 4) is 17.2 Å². The topological polar surface area (TPSA) is 65.1 Å². The van der Waals surface area contributed by atoms with Crippen molar-refractivity contribution >= 4 is 34.7 Å². The average Bonchev–Trinajstić information content (AvgIpc) is 2.95. The van der Waals surface area contributed by atoms with Crippen molar-refractivity contribution in [2.45, 2.75) is 0 Å². The van der Waals surface area contributed by atoms with E-state index in [1.165, 1.54) is 7.11 Å². The molecule has 1 aliphatic heterocycles. The molecule has 0 radical (unpaired) electrons. The lowest BCUT2D eigenvalue weighted by Gasteiger charge is -2.13. The Hall–Kier alpha value is -2.93. The van der Waals surface area contributed by atoms with Crippen LogP contribution in [0.1, 0.15) is 5.56 Å². The zero-order valence-corrected chi connectivity index (χ0v) is 15.3. The van der Waals surface area contributed by atoms with Crippen molar-refractivity contribution in [2.75, 3.05) is 26.2 Å². The van der Waals surface area contributed by atoms with E-state index in [0.29, 0.717) is 33.4 Å². The smallest absolute Gasteiger partial charge is 0.298 e. The Morgan fingerprint density at radius 2 is 1.65 bits per heavy atom. The van der Waals surface area contributed by atoms with Crippen LogP contribution in [0.15, 0.2) is 47.4 Å². The molecule has 0 spiro atoms. The quantitative estimate of drug-likeness (QED) is 0.742.